The van der Waals surface area contributed by atoms with Crippen LogP contribution in [0.3, 0.4) is 0 Å². The number of nitrogens with zero attached hydrogens (tertiary/aromatic N) is 1. The van der Waals surface area contributed by atoms with Crippen molar-refractivity contribution in [3.8, 4) is 5.75 Å². The van der Waals surface area contributed by atoms with E-state index in [9.17, 15) is 13.2 Å². The van der Waals surface area contributed by atoms with Crippen molar-refractivity contribution >= 4 is 44.1 Å². The van der Waals surface area contributed by atoms with Gasteiger partial charge in [-0.25, -0.2) is 18.2 Å². The number of aromatic carboxylic acids is 1. The molecule has 2 aromatic rings. The number of ether oxygens (including phenoxy) is 1. The van der Waals surface area contributed by atoms with Gasteiger partial charge < -0.3 is 9.84 Å². The Morgan fingerprint density at radius 1 is 1.48 bits per heavy atom. The van der Waals surface area contributed by atoms with Crippen molar-refractivity contribution < 1.29 is 23.1 Å². The quantitative estimate of drug-likeness (QED) is 0.858. The van der Waals surface area contributed by atoms with Crippen LogP contribution in [0.4, 0.5) is 5.13 Å². The van der Waals surface area contributed by atoms with Crippen LogP contribution in [0.1, 0.15) is 10.5 Å². The number of halogens is 1. The van der Waals surface area contributed by atoms with Crippen molar-refractivity contribution in [2.24, 2.45) is 0 Å². The number of rotatable bonds is 5. The fourth-order valence-electron chi connectivity index (χ4n) is 1.45. The van der Waals surface area contributed by atoms with Gasteiger partial charge in [0.05, 0.1) is 7.11 Å². The van der Waals surface area contributed by atoms with E-state index in [1.165, 1.54) is 30.7 Å². The van der Waals surface area contributed by atoms with Gasteiger partial charge in [-0.2, -0.15) is 0 Å². The summed E-state index contributed by atoms with van der Waals surface area (Å²) in [5, 5.41) is 10.2. The Morgan fingerprint density at radius 2 is 2.19 bits per heavy atom. The van der Waals surface area contributed by atoms with E-state index in [0.29, 0.717) is 0 Å². The molecular formula is C11H9ClN2O5S2. The number of sulfonamides is 1. The maximum Gasteiger partial charge on any atom is 0.355 e. The number of benzene rings is 1. The van der Waals surface area contributed by atoms with E-state index in [1.807, 2.05) is 0 Å². The number of aromatic nitrogens is 1. The number of thiazole rings is 1. The molecular weight excluding hydrogens is 340 g/mol. The fourth-order valence-corrected chi connectivity index (χ4v) is 3.82. The minimum absolute atomic E-state index is 0.0607. The summed E-state index contributed by atoms with van der Waals surface area (Å²) >= 11 is 6.65. The zero-order chi connectivity index (χ0) is 15.6. The first kappa shape index (κ1) is 15.5. The molecule has 2 rings (SSSR count). The second kappa shape index (κ2) is 5.88. The van der Waals surface area contributed by atoms with E-state index >= 15 is 0 Å². The number of hydrogen-bond acceptors (Lipinski definition) is 6. The normalized spacial score (nSPS) is 11.1. The lowest BCUT2D eigenvalue weighted by Crippen LogP contribution is -2.14. The number of carboxylic acids is 1. The van der Waals surface area contributed by atoms with Gasteiger partial charge in [0.15, 0.2) is 10.8 Å². The first-order valence-electron chi connectivity index (χ1n) is 5.38. The van der Waals surface area contributed by atoms with Gasteiger partial charge in [0.25, 0.3) is 10.0 Å². The van der Waals surface area contributed by atoms with Crippen LogP contribution in [-0.4, -0.2) is 31.6 Å². The predicted octanol–water partition coefficient (Wildman–Crippen LogP) is 2.30. The molecule has 0 unspecified atom stereocenters. The Labute approximate surface area is 129 Å². The lowest BCUT2D eigenvalue weighted by molar-refractivity contribution is 0.0691. The largest absolute Gasteiger partial charge is 0.495 e. The zero-order valence-corrected chi connectivity index (χ0v) is 12.9. The number of methoxy groups -OCH3 is 1. The Kier molecular flexibility index (Phi) is 4.35. The molecule has 21 heavy (non-hydrogen) atoms. The summed E-state index contributed by atoms with van der Waals surface area (Å²) in [6.07, 6.45) is 0. The first-order chi connectivity index (χ1) is 9.83. The zero-order valence-electron chi connectivity index (χ0n) is 10.5. The number of carbonyl (C=O) groups is 1. The molecule has 0 atom stereocenters. The predicted molar refractivity (Wildman–Crippen MR) is 77.9 cm³/mol. The second-order valence-electron chi connectivity index (χ2n) is 3.74. The highest BCUT2D eigenvalue weighted by Crippen LogP contribution is 2.29. The average molecular weight is 349 g/mol. The van der Waals surface area contributed by atoms with Crippen LogP contribution < -0.4 is 9.46 Å². The van der Waals surface area contributed by atoms with Crippen LogP contribution in [0.5, 0.6) is 5.75 Å². The van der Waals surface area contributed by atoms with Crippen LogP contribution in [-0.2, 0) is 10.0 Å². The second-order valence-corrected chi connectivity index (χ2v) is 6.69. The topological polar surface area (TPSA) is 106 Å². The van der Waals surface area contributed by atoms with E-state index in [1.54, 1.807) is 0 Å². The lowest BCUT2D eigenvalue weighted by atomic mass is 10.3. The molecule has 0 saturated heterocycles. The van der Waals surface area contributed by atoms with E-state index in [-0.39, 0.29) is 26.5 Å². The summed E-state index contributed by atoms with van der Waals surface area (Å²) in [6, 6.07) is 4.14. The molecule has 0 aliphatic heterocycles. The molecule has 1 heterocycles. The van der Waals surface area contributed by atoms with Gasteiger partial charge in [-0.3, -0.25) is 4.72 Å². The van der Waals surface area contributed by atoms with Crippen molar-refractivity contribution in [3.63, 3.8) is 0 Å². The molecule has 1 aromatic carbocycles. The molecule has 0 saturated carbocycles. The fraction of sp³-hybridized carbons (Fsp3) is 0.0909. The molecule has 0 spiro atoms. The molecule has 0 bridgehead atoms. The standard InChI is InChI=1S/C11H9ClN2O5S2/c1-19-8-3-2-6(12)4-9(8)21(17,18)14-11-13-7(5-20-11)10(15)16/h2-5H,1H3,(H,13,14)(H,15,16). The van der Waals surface area contributed by atoms with Crippen LogP contribution in [0, 0.1) is 0 Å². The summed E-state index contributed by atoms with van der Waals surface area (Å²) in [7, 11) is -2.67. The third-order valence-electron chi connectivity index (χ3n) is 2.36. The highest BCUT2D eigenvalue weighted by Gasteiger charge is 2.22. The molecule has 112 valence electrons. The van der Waals surface area contributed by atoms with Gasteiger partial charge in [0.2, 0.25) is 0 Å². The maximum atomic E-state index is 12.3. The lowest BCUT2D eigenvalue weighted by Gasteiger charge is -2.10. The SMILES string of the molecule is COc1ccc(Cl)cc1S(=O)(=O)Nc1nc(C(=O)O)cs1. The smallest absolute Gasteiger partial charge is 0.355 e. The van der Waals surface area contributed by atoms with Gasteiger partial charge in [0.1, 0.15) is 10.6 Å². The van der Waals surface area contributed by atoms with Gasteiger partial charge >= 0.3 is 5.97 Å². The van der Waals surface area contributed by atoms with E-state index in [4.69, 9.17) is 21.4 Å². The monoisotopic (exact) mass is 348 g/mol. The van der Waals surface area contributed by atoms with Gasteiger partial charge in [-0.15, -0.1) is 11.3 Å². The summed E-state index contributed by atoms with van der Waals surface area (Å²) in [5.41, 5.74) is -0.240. The van der Waals surface area contributed by atoms with E-state index in [0.717, 1.165) is 11.3 Å². The highest BCUT2D eigenvalue weighted by molar-refractivity contribution is 7.93. The molecule has 0 aliphatic carbocycles. The average Bonchev–Trinajstić information content (AvgIpc) is 2.86. The van der Waals surface area contributed by atoms with Gasteiger partial charge in [-0.05, 0) is 18.2 Å². The third-order valence-corrected chi connectivity index (χ3v) is 4.84. The van der Waals surface area contributed by atoms with Crippen molar-refractivity contribution in [2.75, 3.05) is 11.8 Å². The molecule has 10 heteroatoms. The molecule has 2 N–H and O–H groups in total. The maximum absolute atomic E-state index is 12.3. The minimum atomic E-state index is -4.00. The molecule has 0 aliphatic rings. The van der Waals surface area contributed by atoms with Gasteiger partial charge in [-0.1, -0.05) is 11.6 Å². The van der Waals surface area contributed by atoms with Crippen LogP contribution in [0.15, 0.2) is 28.5 Å². The van der Waals surface area contributed by atoms with Crippen molar-refractivity contribution in [2.45, 2.75) is 4.90 Å². The Balaban J connectivity index is 2.38. The minimum Gasteiger partial charge on any atom is -0.495 e. The van der Waals surface area contributed by atoms with Gasteiger partial charge in [0, 0.05) is 10.4 Å². The summed E-state index contributed by atoms with van der Waals surface area (Å²) in [4.78, 5) is 14.2. The third kappa shape index (κ3) is 3.43. The number of carboxylic acid groups (broad SMARTS) is 1. The molecule has 0 radical (unpaired) electrons. The van der Waals surface area contributed by atoms with Crippen molar-refractivity contribution in [1.82, 2.24) is 4.98 Å². The van der Waals surface area contributed by atoms with Crippen LogP contribution >= 0.6 is 22.9 Å². The summed E-state index contributed by atoms with van der Waals surface area (Å²) in [6.45, 7) is 0. The summed E-state index contributed by atoms with van der Waals surface area (Å²) < 4.78 is 31.7. The first-order valence-corrected chi connectivity index (χ1v) is 8.13. The highest BCUT2D eigenvalue weighted by atomic mass is 35.5. The number of anilines is 1. The Morgan fingerprint density at radius 3 is 2.76 bits per heavy atom. The Hall–Kier alpha value is -1.84. The van der Waals surface area contributed by atoms with Crippen molar-refractivity contribution in [1.29, 1.82) is 0 Å². The number of hydrogen-bond donors (Lipinski definition) is 2. The van der Waals surface area contributed by atoms with Crippen LogP contribution in [0.2, 0.25) is 5.02 Å². The van der Waals surface area contributed by atoms with Crippen LogP contribution in [0.25, 0.3) is 0 Å². The molecule has 0 fully saturated rings. The summed E-state index contributed by atoms with van der Waals surface area (Å²) in [5.74, 6) is -1.13. The van der Waals surface area contributed by atoms with E-state index in [2.05, 4.69) is 9.71 Å². The molecule has 1 aromatic heterocycles. The molecule has 7 nitrogen and oxygen atoms in total. The van der Waals surface area contributed by atoms with Crippen molar-refractivity contribution in [3.05, 3.63) is 34.3 Å². The van der Waals surface area contributed by atoms with E-state index < -0.39 is 16.0 Å². The Bertz CT molecular complexity index is 788. The number of nitrogens with one attached hydrogen (secondary N) is 1. The molecule has 0 amide bonds.